The Labute approximate surface area is 92.2 Å². The average Bonchev–Trinajstić information content (AvgIpc) is 2.23. The molecule has 0 unspecified atom stereocenters. The van der Waals surface area contributed by atoms with Gasteiger partial charge < -0.3 is 10.6 Å². The van der Waals surface area contributed by atoms with Crippen LogP contribution in [-0.4, -0.2) is 24.4 Å². The average molecular weight is 226 g/mol. The predicted octanol–water partition coefficient (Wildman–Crippen LogP) is 1.80. The molecule has 1 aromatic rings. The Morgan fingerprint density at radius 2 is 2.12 bits per heavy atom. The van der Waals surface area contributed by atoms with E-state index in [0.29, 0.717) is 6.07 Å². The molecule has 2 N–H and O–H groups in total. The van der Waals surface area contributed by atoms with E-state index in [-0.39, 0.29) is 17.8 Å². The van der Waals surface area contributed by atoms with Crippen molar-refractivity contribution in [2.75, 3.05) is 19.3 Å². The Balaban J connectivity index is 3.08. The molecule has 0 bridgehead atoms. The molecular weight excluding hydrogens is 214 g/mol. The fourth-order valence-corrected chi connectivity index (χ4v) is 1.21. The number of benzene rings is 1. The van der Waals surface area contributed by atoms with Crippen molar-refractivity contribution in [3.05, 3.63) is 42.0 Å². The van der Waals surface area contributed by atoms with E-state index in [1.54, 1.807) is 0 Å². The van der Waals surface area contributed by atoms with Gasteiger partial charge in [0.05, 0.1) is 11.3 Å². The number of carbonyl (C=O) groups is 1. The van der Waals surface area contributed by atoms with Crippen molar-refractivity contribution >= 4 is 11.6 Å². The first-order valence-electron chi connectivity index (χ1n) is 4.58. The molecule has 0 aromatic heterocycles. The van der Waals surface area contributed by atoms with Crippen LogP contribution in [0.1, 0.15) is 10.4 Å². The maximum absolute atomic E-state index is 13.3. The molecule has 86 valence electrons. The molecule has 0 aliphatic carbocycles. The van der Waals surface area contributed by atoms with Gasteiger partial charge in [-0.05, 0) is 6.07 Å². The Kier molecular flexibility index (Phi) is 3.60. The van der Waals surface area contributed by atoms with Crippen molar-refractivity contribution in [1.29, 1.82) is 0 Å². The minimum absolute atomic E-state index is 0.247. The molecule has 3 nitrogen and oxygen atoms in total. The van der Waals surface area contributed by atoms with Crippen LogP contribution in [0, 0.1) is 11.6 Å². The van der Waals surface area contributed by atoms with Gasteiger partial charge in [0, 0.05) is 19.7 Å². The number of hydrogen-bond acceptors (Lipinski definition) is 2. The molecule has 0 radical (unpaired) electrons. The summed E-state index contributed by atoms with van der Waals surface area (Å²) in [6.45, 7) is 3.73. The van der Waals surface area contributed by atoms with E-state index in [4.69, 9.17) is 5.73 Å². The summed E-state index contributed by atoms with van der Waals surface area (Å²) < 4.78 is 26.2. The van der Waals surface area contributed by atoms with Crippen LogP contribution in [0.25, 0.3) is 0 Å². The smallest absolute Gasteiger partial charge is 0.256 e. The van der Waals surface area contributed by atoms with Crippen LogP contribution in [0.3, 0.4) is 0 Å². The van der Waals surface area contributed by atoms with Crippen molar-refractivity contribution in [3.8, 4) is 0 Å². The van der Waals surface area contributed by atoms with Crippen LogP contribution >= 0.6 is 0 Å². The van der Waals surface area contributed by atoms with E-state index in [2.05, 4.69) is 6.58 Å². The lowest BCUT2D eigenvalue weighted by Gasteiger charge is -2.15. The van der Waals surface area contributed by atoms with Crippen LogP contribution in [0.15, 0.2) is 24.8 Å². The summed E-state index contributed by atoms with van der Waals surface area (Å²) >= 11 is 0. The minimum atomic E-state index is -0.924. The lowest BCUT2D eigenvalue weighted by atomic mass is 10.1. The molecule has 0 saturated carbocycles. The molecule has 1 amide bonds. The largest absolute Gasteiger partial charge is 0.396 e. The van der Waals surface area contributed by atoms with Crippen LogP contribution in [-0.2, 0) is 0 Å². The SMILES string of the molecule is C=CCN(C)C(=O)c1cc(N)c(F)cc1F. The summed E-state index contributed by atoms with van der Waals surface area (Å²) in [5, 5.41) is 0. The Morgan fingerprint density at radius 3 is 2.69 bits per heavy atom. The van der Waals surface area contributed by atoms with Gasteiger partial charge in [-0.3, -0.25) is 4.79 Å². The second-order valence-electron chi connectivity index (χ2n) is 3.33. The summed E-state index contributed by atoms with van der Waals surface area (Å²) in [7, 11) is 1.49. The van der Waals surface area contributed by atoms with Crippen molar-refractivity contribution in [3.63, 3.8) is 0 Å². The zero-order valence-corrected chi connectivity index (χ0v) is 8.84. The first kappa shape index (κ1) is 12.2. The second-order valence-corrected chi connectivity index (χ2v) is 3.33. The summed E-state index contributed by atoms with van der Waals surface area (Å²) in [5.74, 6) is -2.36. The zero-order chi connectivity index (χ0) is 12.3. The first-order chi connectivity index (χ1) is 7.47. The number of nitrogens with two attached hydrogens (primary N) is 1. The van der Waals surface area contributed by atoms with Crippen molar-refractivity contribution in [1.82, 2.24) is 4.90 Å². The topological polar surface area (TPSA) is 46.3 Å². The summed E-state index contributed by atoms with van der Waals surface area (Å²) in [6.07, 6.45) is 1.50. The molecule has 0 aliphatic rings. The highest BCUT2D eigenvalue weighted by Gasteiger charge is 2.17. The third kappa shape index (κ3) is 2.36. The molecule has 16 heavy (non-hydrogen) atoms. The molecule has 0 fully saturated rings. The highest BCUT2D eigenvalue weighted by atomic mass is 19.1. The fourth-order valence-electron chi connectivity index (χ4n) is 1.21. The molecule has 0 saturated heterocycles. The third-order valence-corrected chi connectivity index (χ3v) is 2.07. The lowest BCUT2D eigenvalue weighted by Crippen LogP contribution is -2.27. The number of carbonyl (C=O) groups excluding carboxylic acids is 1. The fraction of sp³-hybridized carbons (Fsp3) is 0.182. The van der Waals surface area contributed by atoms with E-state index in [0.717, 1.165) is 6.07 Å². The first-order valence-corrected chi connectivity index (χ1v) is 4.58. The van der Waals surface area contributed by atoms with Gasteiger partial charge in [-0.15, -0.1) is 6.58 Å². The Bertz CT molecular complexity index is 432. The van der Waals surface area contributed by atoms with E-state index < -0.39 is 17.5 Å². The number of amides is 1. The van der Waals surface area contributed by atoms with Crippen molar-refractivity contribution < 1.29 is 13.6 Å². The van der Waals surface area contributed by atoms with Crippen molar-refractivity contribution in [2.45, 2.75) is 0 Å². The number of hydrogen-bond donors (Lipinski definition) is 1. The lowest BCUT2D eigenvalue weighted by molar-refractivity contribution is 0.0805. The van der Waals surface area contributed by atoms with Crippen LogP contribution in [0.5, 0.6) is 0 Å². The predicted molar refractivity (Wildman–Crippen MR) is 57.9 cm³/mol. The van der Waals surface area contributed by atoms with E-state index in [9.17, 15) is 13.6 Å². The maximum Gasteiger partial charge on any atom is 0.256 e. The zero-order valence-electron chi connectivity index (χ0n) is 8.84. The monoisotopic (exact) mass is 226 g/mol. The Hall–Kier alpha value is -1.91. The third-order valence-electron chi connectivity index (χ3n) is 2.07. The number of rotatable bonds is 3. The molecule has 0 heterocycles. The van der Waals surface area contributed by atoms with Gasteiger partial charge in [0.25, 0.3) is 5.91 Å². The molecular formula is C11H12F2N2O. The van der Waals surface area contributed by atoms with Gasteiger partial charge in [-0.1, -0.05) is 6.08 Å². The molecule has 1 rings (SSSR count). The van der Waals surface area contributed by atoms with Gasteiger partial charge in [-0.25, -0.2) is 8.78 Å². The van der Waals surface area contributed by atoms with Crippen molar-refractivity contribution in [2.24, 2.45) is 0 Å². The van der Waals surface area contributed by atoms with Crippen LogP contribution in [0.4, 0.5) is 14.5 Å². The molecule has 0 atom stereocenters. The normalized spacial score (nSPS) is 9.94. The number of nitrogen functional groups attached to an aromatic ring is 1. The summed E-state index contributed by atoms with van der Waals surface area (Å²) in [4.78, 5) is 12.9. The Morgan fingerprint density at radius 1 is 1.50 bits per heavy atom. The number of halogens is 2. The number of likely N-dealkylation sites (N-methyl/N-ethyl adjacent to an activating group) is 1. The minimum Gasteiger partial charge on any atom is -0.396 e. The summed E-state index contributed by atoms with van der Waals surface area (Å²) in [6, 6.07) is 1.59. The maximum atomic E-state index is 13.3. The standard InChI is InChI=1S/C11H12F2N2O/c1-3-4-15(2)11(16)7-5-10(14)9(13)6-8(7)12/h3,5-6H,1,4,14H2,2H3. The second kappa shape index (κ2) is 4.74. The van der Waals surface area contributed by atoms with E-state index >= 15 is 0 Å². The van der Waals surface area contributed by atoms with Gasteiger partial charge in [0.2, 0.25) is 0 Å². The number of nitrogens with zero attached hydrogens (tertiary/aromatic N) is 1. The molecule has 5 heteroatoms. The summed E-state index contributed by atoms with van der Waals surface area (Å²) in [5.41, 5.74) is 4.77. The van der Waals surface area contributed by atoms with E-state index in [1.807, 2.05) is 0 Å². The van der Waals surface area contributed by atoms with Crippen LogP contribution < -0.4 is 5.73 Å². The van der Waals surface area contributed by atoms with Gasteiger partial charge >= 0.3 is 0 Å². The van der Waals surface area contributed by atoms with Crippen LogP contribution in [0.2, 0.25) is 0 Å². The highest BCUT2D eigenvalue weighted by molar-refractivity contribution is 5.95. The van der Waals surface area contributed by atoms with E-state index in [1.165, 1.54) is 18.0 Å². The van der Waals surface area contributed by atoms with Gasteiger partial charge in [0.15, 0.2) is 0 Å². The van der Waals surface area contributed by atoms with Gasteiger partial charge in [-0.2, -0.15) is 0 Å². The number of anilines is 1. The highest BCUT2D eigenvalue weighted by Crippen LogP contribution is 2.17. The molecule has 1 aromatic carbocycles. The molecule has 0 spiro atoms. The quantitative estimate of drug-likeness (QED) is 0.631. The molecule has 0 aliphatic heterocycles. The van der Waals surface area contributed by atoms with Gasteiger partial charge in [0.1, 0.15) is 11.6 Å².